The maximum absolute atomic E-state index is 8.46. The van der Waals surface area contributed by atoms with Crippen LogP contribution in [0.2, 0.25) is 0 Å². The molecule has 0 amide bonds. The van der Waals surface area contributed by atoms with Gasteiger partial charge in [0.1, 0.15) is 0 Å². The monoisotopic (exact) mass is 208 g/mol. The summed E-state index contributed by atoms with van der Waals surface area (Å²) in [5.74, 6) is 0. The molecule has 0 aromatic rings. The van der Waals surface area contributed by atoms with Crippen molar-refractivity contribution in [3.8, 4) is 0 Å². The van der Waals surface area contributed by atoms with Gasteiger partial charge in [-0.2, -0.15) is 0 Å². The molecule has 0 rings (SSSR count). The zero-order chi connectivity index (χ0) is 5.70. The predicted octanol–water partition coefficient (Wildman–Crippen LogP) is -0.0486. The third-order valence-electron chi connectivity index (χ3n) is 0.695. The maximum Gasteiger partial charge on any atom is 0.0430 e. The number of hydrogen-bond acceptors (Lipinski definition) is 2. The Kier molecular flexibility index (Phi) is 10.7. The van der Waals surface area contributed by atoms with E-state index in [9.17, 15) is 0 Å². The molecule has 53 valence electrons. The van der Waals surface area contributed by atoms with E-state index in [2.05, 4.69) is 6.92 Å². The summed E-state index contributed by atoms with van der Waals surface area (Å²) in [6.45, 7) is 3.47. The van der Waals surface area contributed by atoms with Gasteiger partial charge in [-0.25, -0.2) is 0 Å². The molecule has 0 heterocycles. The Hall–Kier alpha value is 0.543. The zero-order valence-electron chi connectivity index (χ0n) is 4.63. The molecule has 0 aliphatic rings. The Morgan fingerprint density at radius 2 is 2.12 bits per heavy atom. The van der Waals surface area contributed by atoms with Crippen LogP contribution in [0.15, 0.2) is 0 Å². The Morgan fingerprint density at radius 1 is 1.62 bits per heavy atom. The van der Waals surface area contributed by atoms with Crippen molar-refractivity contribution in [1.82, 2.24) is 0 Å². The minimum atomic E-state index is -0.507. The fraction of sp³-hybridized carbons (Fsp3) is 0.800. The summed E-state index contributed by atoms with van der Waals surface area (Å²) in [4.78, 5) is 0. The minimum Gasteiger partial charge on any atom is -0.425 e. The van der Waals surface area contributed by atoms with E-state index in [4.69, 9.17) is 10.2 Å². The van der Waals surface area contributed by atoms with Crippen LogP contribution in [-0.2, 0) is 19.5 Å². The summed E-state index contributed by atoms with van der Waals surface area (Å²) in [6.07, 6.45) is 0.730. The molecule has 0 bridgehead atoms. The second kappa shape index (κ2) is 7.54. The molecule has 2 nitrogen and oxygen atoms in total. The van der Waals surface area contributed by atoms with E-state index in [1.807, 2.05) is 0 Å². The minimum absolute atomic E-state index is 0. The number of hydrogen-bond donors (Lipinski definition) is 2. The molecule has 3 heteroatoms. The second-order valence-electron chi connectivity index (χ2n) is 1.52. The maximum atomic E-state index is 8.46. The summed E-state index contributed by atoms with van der Waals surface area (Å²) in [5, 5.41) is 16.6. The Balaban J connectivity index is 0. The van der Waals surface area contributed by atoms with Crippen LogP contribution in [0.25, 0.3) is 0 Å². The average Bonchev–Trinajstić information content (AvgIpc) is 1.61. The van der Waals surface area contributed by atoms with Crippen molar-refractivity contribution in [3.05, 3.63) is 6.92 Å². The van der Waals surface area contributed by atoms with E-state index in [1.54, 1.807) is 0 Å². The molecule has 0 spiro atoms. The molecule has 0 saturated carbocycles. The average molecular weight is 208 g/mol. The number of aliphatic hydroxyl groups is 2. The summed E-state index contributed by atoms with van der Waals surface area (Å²) in [5.41, 5.74) is 0. The molecule has 0 aromatic carbocycles. The zero-order valence-corrected chi connectivity index (χ0v) is 6.27. The van der Waals surface area contributed by atoms with E-state index < -0.39 is 6.10 Å². The van der Waals surface area contributed by atoms with Gasteiger partial charge in [-0.1, -0.05) is 12.5 Å². The van der Waals surface area contributed by atoms with Gasteiger partial charge in [0.15, 0.2) is 0 Å². The first-order valence-electron chi connectivity index (χ1n) is 2.39. The molecule has 8 heavy (non-hydrogen) atoms. The van der Waals surface area contributed by atoms with Crippen molar-refractivity contribution in [2.24, 2.45) is 0 Å². The van der Waals surface area contributed by atoms with Crippen molar-refractivity contribution >= 4 is 0 Å². The fourth-order valence-corrected chi connectivity index (χ4v) is 0.327. The molecule has 0 aromatic heterocycles. The van der Waals surface area contributed by atoms with Crippen LogP contribution in [-0.4, -0.2) is 22.9 Å². The fourth-order valence-electron chi connectivity index (χ4n) is 0.327. The van der Waals surface area contributed by atoms with Crippen LogP contribution in [0.1, 0.15) is 12.8 Å². The van der Waals surface area contributed by atoms with Gasteiger partial charge in [0.25, 0.3) is 0 Å². The van der Waals surface area contributed by atoms with Crippen molar-refractivity contribution in [3.63, 3.8) is 0 Å². The van der Waals surface area contributed by atoms with Gasteiger partial charge in [0.2, 0.25) is 0 Å². The van der Waals surface area contributed by atoms with Gasteiger partial charge in [0, 0.05) is 26.1 Å². The second-order valence-corrected chi connectivity index (χ2v) is 1.52. The van der Waals surface area contributed by atoms with Crippen LogP contribution in [0.3, 0.4) is 0 Å². The largest absolute Gasteiger partial charge is 0.425 e. The van der Waals surface area contributed by atoms with Crippen LogP contribution >= 0.6 is 0 Å². The third kappa shape index (κ3) is 9.74. The molecule has 0 fully saturated rings. The summed E-state index contributed by atoms with van der Waals surface area (Å²) < 4.78 is 0. The molecule has 1 unspecified atom stereocenters. The van der Waals surface area contributed by atoms with Gasteiger partial charge < -0.3 is 17.1 Å². The van der Waals surface area contributed by atoms with Crippen LogP contribution in [0.4, 0.5) is 0 Å². The van der Waals surface area contributed by atoms with Gasteiger partial charge in [-0.15, -0.1) is 0 Å². The summed E-state index contributed by atoms with van der Waals surface area (Å²) >= 11 is 0. The van der Waals surface area contributed by atoms with E-state index >= 15 is 0 Å². The third-order valence-corrected chi connectivity index (χ3v) is 0.695. The molecular formula is C5H11O2Rh-. The van der Waals surface area contributed by atoms with Gasteiger partial charge in [-0.05, 0) is 6.42 Å². The van der Waals surface area contributed by atoms with E-state index in [0.717, 1.165) is 0 Å². The Labute approximate surface area is 62.7 Å². The molecule has 1 radical (unpaired) electrons. The van der Waals surface area contributed by atoms with Crippen LogP contribution in [0, 0.1) is 6.92 Å². The van der Waals surface area contributed by atoms with E-state index in [1.165, 1.54) is 0 Å². The van der Waals surface area contributed by atoms with E-state index in [0.29, 0.717) is 12.8 Å². The Bertz CT molecular complexity index is 39.4. The summed E-state index contributed by atoms with van der Waals surface area (Å²) in [6, 6.07) is 0. The number of rotatable bonds is 3. The van der Waals surface area contributed by atoms with Crippen molar-refractivity contribution < 1.29 is 29.7 Å². The normalized spacial score (nSPS) is 12.4. The van der Waals surface area contributed by atoms with Gasteiger partial charge in [0.05, 0.1) is 0 Å². The SMILES string of the molecule is [CH2-]C([18OH])CCCO.[Rh]. The standard InChI is InChI=1S/C5H11O2.Rh/c1-5(7)3-2-4-6;/h5-7H,1-4H2;/q-1;/i7+2;. The van der Waals surface area contributed by atoms with Crippen molar-refractivity contribution in [1.29, 1.82) is 0 Å². The van der Waals surface area contributed by atoms with E-state index in [-0.39, 0.29) is 26.1 Å². The van der Waals surface area contributed by atoms with Gasteiger partial charge >= 0.3 is 0 Å². The smallest absolute Gasteiger partial charge is 0.0430 e. The molecule has 0 aliphatic carbocycles. The van der Waals surface area contributed by atoms with Gasteiger partial charge in [-0.3, -0.25) is 0 Å². The summed E-state index contributed by atoms with van der Waals surface area (Å²) in [7, 11) is 0. The predicted molar refractivity (Wildman–Crippen MR) is 27.7 cm³/mol. The first kappa shape index (κ1) is 11.4. The number of aliphatic hydroxyl groups excluding tert-OH is 2. The first-order chi connectivity index (χ1) is 3.27. The Morgan fingerprint density at radius 3 is 2.25 bits per heavy atom. The quantitative estimate of drug-likeness (QED) is 0.388. The van der Waals surface area contributed by atoms with Crippen molar-refractivity contribution in [2.75, 3.05) is 6.61 Å². The van der Waals surface area contributed by atoms with Crippen molar-refractivity contribution in [2.45, 2.75) is 18.9 Å². The first-order valence-corrected chi connectivity index (χ1v) is 2.39. The molecular weight excluding hydrogens is 197 g/mol. The molecule has 0 saturated heterocycles. The topological polar surface area (TPSA) is 40.5 Å². The van der Waals surface area contributed by atoms with Crippen LogP contribution in [0.5, 0.6) is 0 Å². The molecule has 1 atom stereocenters. The van der Waals surface area contributed by atoms with Crippen LogP contribution < -0.4 is 0 Å². The molecule has 2 N–H and O–H groups in total. The molecule has 0 aliphatic heterocycles.